The van der Waals surface area contributed by atoms with Crippen LogP contribution in [0.15, 0.2) is 6.20 Å². The van der Waals surface area contributed by atoms with Gasteiger partial charge in [-0.1, -0.05) is 0 Å². The lowest BCUT2D eigenvalue weighted by molar-refractivity contribution is 0.248. The molecule has 6 heteroatoms. The van der Waals surface area contributed by atoms with Gasteiger partial charge in [0.15, 0.2) is 4.77 Å². The largest absolute Gasteiger partial charge is 0.352 e. The molecule has 1 rings (SSSR count). The summed E-state index contributed by atoms with van der Waals surface area (Å²) in [6.07, 6.45) is 1.89. The summed E-state index contributed by atoms with van der Waals surface area (Å²) in [5.74, 6) is 0. The van der Waals surface area contributed by atoms with Crippen LogP contribution in [-0.2, 0) is 6.54 Å². The monoisotopic (exact) mass is 200 g/mol. The molecular weight excluding hydrogens is 188 g/mol. The van der Waals surface area contributed by atoms with Crippen molar-refractivity contribution in [3.8, 4) is 0 Å². The first-order valence-electron chi connectivity index (χ1n) is 3.89. The van der Waals surface area contributed by atoms with Crippen LogP contribution in [0.3, 0.4) is 0 Å². The van der Waals surface area contributed by atoms with Crippen molar-refractivity contribution in [1.29, 1.82) is 0 Å². The molecule has 0 spiro atoms. The number of carbonyl (C=O) groups is 1. The van der Waals surface area contributed by atoms with E-state index in [0.29, 0.717) is 17.9 Å². The quantitative estimate of drug-likeness (QED) is 0.622. The van der Waals surface area contributed by atoms with E-state index in [2.05, 4.69) is 10.3 Å². The molecule has 0 aromatic carbocycles. The molecule has 72 valence electrons. The Hall–Kier alpha value is -1.30. The highest BCUT2D eigenvalue weighted by atomic mass is 32.1. The summed E-state index contributed by atoms with van der Waals surface area (Å²) < 4.78 is 2.50. The number of aryl methyl sites for hydroxylation is 1. The Bertz CT molecular complexity index is 354. The maximum Gasteiger partial charge on any atom is 0.312 e. The standard InChI is InChI=1S/C7H12N4OS/c1-5-4-11(7(13)10-5)3-2-9-6(8)12/h4H,2-3H2,1H3,(H,10,13)(H3,8,9,12). The summed E-state index contributed by atoms with van der Waals surface area (Å²) in [7, 11) is 0. The third-order valence-electron chi connectivity index (χ3n) is 1.57. The van der Waals surface area contributed by atoms with Crippen molar-refractivity contribution >= 4 is 18.2 Å². The molecule has 5 nitrogen and oxygen atoms in total. The van der Waals surface area contributed by atoms with Gasteiger partial charge in [0.05, 0.1) is 0 Å². The van der Waals surface area contributed by atoms with Gasteiger partial charge in [0.1, 0.15) is 0 Å². The van der Waals surface area contributed by atoms with Crippen molar-refractivity contribution < 1.29 is 4.79 Å². The second-order valence-electron chi connectivity index (χ2n) is 2.73. The number of hydrogen-bond acceptors (Lipinski definition) is 2. The summed E-state index contributed by atoms with van der Waals surface area (Å²) in [5, 5.41) is 2.49. The summed E-state index contributed by atoms with van der Waals surface area (Å²) in [5.41, 5.74) is 5.91. The third-order valence-corrected chi connectivity index (χ3v) is 1.90. The van der Waals surface area contributed by atoms with Gasteiger partial charge in [-0.15, -0.1) is 0 Å². The topological polar surface area (TPSA) is 75.8 Å². The maximum atomic E-state index is 10.3. The van der Waals surface area contributed by atoms with Crippen molar-refractivity contribution in [2.24, 2.45) is 5.73 Å². The number of rotatable bonds is 3. The number of nitrogens with zero attached hydrogens (tertiary/aromatic N) is 1. The number of amides is 2. The van der Waals surface area contributed by atoms with E-state index in [-0.39, 0.29) is 0 Å². The van der Waals surface area contributed by atoms with Gasteiger partial charge in [-0.3, -0.25) is 0 Å². The van der Waals surface area contributed by atoms with Crippen LogP contribution in [0.25, 0.3) is 0 Å². The fourth-order valence-electron chi connectivity index (χ4n) is 1.03. The normalized spacial score (nSPS) is 9.92. The number of urea groups is 1. The SMILES string of the molecule is Cc1cn(CCNC(N)=O)c(=S)[nH]1. The van der Waals surface area contributed by atoms with Crippen LogP contribution in [-0.4, -0.2) is 22.1 Å². The van der Waals surface area contributed by atoms with E-state index in [9.17, 15) is 4.79 Å². The van der Waals surface area contributed by atoms with Crippen LogP contribution in [0.1, 0.15) is 5.69 Å². The first-order valence-corrected chi connectivity index (χ1v) is 4.30. The minimum Gasteiger partial charge on any atom is -0.352 e. The fraction of sp³-hybridized carbons (Fsp3) is 0.429. The summed E-state index contributed by atoms with van der Waals surface area (Å²) in [6.45, 7) is 3.04. The van der Waals surface area contributed by atoms with Crippen molar-refractivity contribution in [2.75, 3.05) is 6.54 Å². The average molecular weight is 200 g/mol. The van der Waals surface area contributed by atoms with Crippen LogP contribution >= 0.6 is 12.2 Å². The Balaban J connectivity index is 2.50. The van der Waals surface area contributed by atoms with Crippen LogP contribution in [0, 0.1) is 11.7 Å². The lowest BCUT2D eigenvalue weighted by atomic mass is 10.5. The van der Waals surface area contributed by atoms with Crippen LogP contribution in [0.5, 0.6) is 0 Å². The molecule has 0 aliphatic rings. The number of carbonyl (C=O) groups excluding carboxylic acids is 1. The van der Waals surface area contributed by atoms with E-state index in [1.807, 2.05) is 17.7 Å². The van der Waals surface area contributed by atoms with E-state index < -0.39 is 6.03 Å². The molecule has 0 radical (unpaired) electrons. The molecule has 0 saturated heterocycles. The Labute approximate surface area is 80.9 Å². The van der Waals surface area contributed by atoms with Gasteiger partial charge in [-0.25, -0.2) is 4.79 Å². The molecule has 0 bridgehead atoms. The molecule has 1 aromatic rings. The van der Waals surface area contributed by atoms with E-state index >= 15 is 0 Å². The minimum atomic E-state index is -0.515. The predicted octanol–water partition coefficient (Wildman–Crippen LogP) is 0.522. The number of nitrogens with two attached hydrogens (primary N) is 1. The fourth-order valence-corrected chi connectivity index (χ4v) is 1.34. The maximum absolute atomic E-state index is 10.3. The summed E-state index contributed by atoms with van der Waals surface area (Å²) >= 11 is 5.02. The van der Waals surface area contributed by atoms with Gasteiger partial charge < -0.3 is 20.6 Å². The zero-order valence-electron chi connectivity index (χ0n) is 7.33. The molecular formula is C7H12N4OS. The second kappa shape index (κ2) is 4.08. The van der Waals surface area contributed by atoms with Crippen LogP contribution < -0.4 is 11.1 Å². The molecule has 0 aliphatic carbocycles. The van der Waals surface area contributed by atoms with Gasteiger partial charge in [0.2, 0.25) is 0 Å². The molecule has 2 amide bonds. The van der Waals surface area contributed by atoms with Crippen molar-refractivity contribution in [2.45, 2.75) is 13.5 Å². The first-order chi connectivity index (χ1) is 6.09. The molecule has 0 atom stereocenters. The number of aromatic amines is 1. The Morgan fingerprint density at radius 3 is 3.00 bits per heavy atom. The van der Waals surface area contributed by atoms with E-state index in [4.69, 9.17) is 18.0 Å². The highest BCUT2D eigenvalue weighted by Crippen LogP contribution is 1.95. The molecule has 1 heterocycles. The zero-order valence-corrected chi connectivity index (χ0v) is 8.15. The molecule has 1 aromatic heterocycles. The lowest BCUT2D eigenvalue weighted by Gasteiger charge is -2.01. The summed E-state index contributed by atoms with van der Waals surface area (Å²) in [4.78, 5) is 13.3. The number of H-pyrrole nitrogens is 1. The molecule has 13 heavy (non-hydrogen) atoms. The van der Waals surface area contributed by atoms with Gasteiger partial charge in [-0.2, -0.15) is 0 Å². The molecule has 0 fully saturated rings. The Kier molecular flexibility index (Phi) is 3.07. The third kappa shape index (κ3) is 2.90. The first kappa shape index (κ1) is 9.79. The minimum absolute atomic E-state index is 0.487. The molecule has 0 saturated carbocycles. The van der Waals surface area contributed by atoms with E-state index in [1.165, 1.54) is 0 Å². The van der Waals surface area contributed by atoms with Crippen molar-refractivity contribution in [3.63, 3.8) is 0 Å². The smallest absolute Gasteiger partial charge is 0.312 e. The average Bonchev–Trinajstić information content (AvgIpc) is 2.29. The van der Waals surface area contributed by atoms with Gasteiger partial charge in [0, 0.05) is 25.0 Å². The van der Waals surface area contributed by atoms with Crippen molar-refractivity contribution in [3.05, 3.63) is 16.7 Å². The lowest BCUT2D eigenvalue weighted by Crippen LogP contribution is -2.31. The van der Waals surface area contributed by atoms with Crippen LogP contribution in [0.4, 0.5) is 4.79 Å². The highest BCUT2D eigenvalue weighted by molar-refractivity contribution is 7.71. The molecule has 0 unspecified atom stereocenters. The van der Waals surface area contributed by atoms with Gasteiger partial charge in [0.25, 0.3) is 0 Å². The second-order valence-corrected chi connectivity index (χ2v) is 3.11. The van der Waals surface area contributed by atoms with Gasteiger partial charge in [-0.05, 0) is 19.1 Å². The summed E-state index contributed by atoms with van der Waals surface area (Å²) in [6, 6.07) is -0.515. The van der Waals surface area contributed by atoms with E-state index in [0.717, 1.165) is 5.69 Å². The zero-order chi connectivity index (χ0) is 9.84. The van der Waals surface area contributed by atoms with Crippen LogP contribution in [0.2, 0.25) is 0 Å². The number of primary amides is 1. The highest BCUT2D eigenvalue weighted by Gasteiger charge is 1.96. The number of aromatic nitrogens is 2. The molecule has 4 N–H and O–H groups in total. The number of imidazole rings is 1. The van der Waals surface area contributed by atoms with Crippen molar-refractivity contribution in [1.82, 2.24) is 14.9 Å². The Morgan fingerprint density at radius 1 is 1.85 bits per heavy atom. The van der Waals surface area contributed by atoms with Gasteiger partial charge >= 0.3 is 6.03 Å². The molecule has 0 aliphatic heterocycles. The van der Waals surface area contributed by atoms with E-state index in [1.54, 1.807) is 0 Å². The Morgan fingerprint density at radius 2 is 2.54 bits per heavy atom. The predicted molar refractivity (Wildman–Crippen MR) is 51.9 cm³/mol. The number of nitrogens with one attached hydrogen (secondary N) is 2. The number of hydrogen-bond donors (Lipinski definition) is 3.